The molecule has 0 fully saturated rings. The Balaban J connectivity index is 0.00000300. The van der Waals surface area contributed by atoms with E-state index < -0.39 is 0 Å². The van der Waals surface area contributed by atoms with E-state index in [9.17, 15) is 0 Å². The molecule has 154 valence electrons. The van der Waals surface area contributed by atoms with Crippen molar-refractivity contribution in [2.45, 2.75) is 19.9 Å². The Morgan fingerprint density at radius 2 is 2.00 bits per heavy atom. The molecule has 0 aliphatic heterocycles. The summed E-state index contributed by atoms with van der Waals surface area (Å²) in [6.07, 6.45) is 2.27. The van der Waals surface area contributed by atoms with Crippen LogP contribution in [-0.4, -0.2) is 46.1 Å². The van der Waals surface area contributed by atoms with Gasteiger partial charge in [-0.05, 0) is 30.7 Å². The Kier molecular flexibility index (Phi) is 9.33. The van der Waals surface area contributed by atoms with Gasteiger partial charge in [0.1, 0.15) is 5.69 Å². The first kappa shape index (κ1) is 23.1. The van der Waals surface area contributed by atoms with Crippen molar-refractivity contribution in [3.05, 3.63) is 65.1 Å². The van der Waals surface area contributed by atoms with Crippen LogP contribution in [0.2, 0.25) is 5.02 Å². The van der Waals surface area contributed by atoms with Crippen molar-refractivity contribution >= 4 is 41.5 Å². The molecule has 1 N–H and O–H groups in total. The summed E-state index contributed by atoms with van der Waals surface area (Å²) < 4.78 is 5.28. The third kappa shape index (κ3) is 6.67. The first-order valence-corrected chi connectivity index (χ1v) is 9.52. The maximum Gasteiger partial charge on any atom is 0.276 e. The zero-order chi connectivity index (χ0) is 19.8. The van der Waals surface area contributed by atoms with Gasteiger partial charge >= 0.3 is 0 Å². The summed E-state index contributed by atoms with van der Waals surface area (Å²) >= 11 is 6.27. The lowest BCUT2D eigenvalue weighted by Crippen LogP contribution is -2.38. The van der Waals surface area contributed by atoms with E-state index in [0.717, 1.165) is 23.1 Å². The molecule has 29 heavy (non-hydrogen) atoms. The number of aromatic nitrogens is 3. The molecule has 2 heterocycles. The molecule has 0 atom stereocenters. The Morgan fingerprint density at radius 3 is 2.72 bits per heavy atom. The average Bonchev–Trinajstić information content (AvgIpc) is 3.19. The van der Waals surface area contributed by atoms with Gasteiger partial charge in [0.2, 0.25) is 0 Å². The molecule has 1 aromatic carbocycles. The molecule has 0 bridgehead atoms. The number of pyridine rings is 1. The predicted octanol–water partition coefficient (Wildman–Crippen LogP) is 4.04. The first-order chi connectivity index (χ1) is 13.7. The SMILES string of the molecule is CCNC(=NCCc1noc(-c2ccccn2)n1)N(C)Cc1ccccc1Cl.I. The van der Waals surface area contributed by atoms with Crippen LogP contribution in [0.5, 0.6) is 0 Å². The molecule has 3 rings (SSSR count). The minimum Gasteiger partial charge on any atom is -0.357 e. The summed E-state index contributed by atoms with van der Waals surface area (Å²) in [4.78, 5) is 15.3. The number of halogens is 2. The van der Waals surface area contributed by atoms with E-state index in [-0.39, 0.29) is 24.0 Å². The number of nitrogens with one attached hydrogen (secondary N) is 1. The fraction of sp³-hybridized carbons (Fsp3) is 0.300. The van der Waals surface area contributed by atoms with Gasteiger partial charge in [-0.25, -0.2) is 0 Å². The Hall–Kier alpha value is -2.20. The summed E-state index contributed by atoms with van der Waals surface area (Å²) in [6.45, 7) is 4.02. The van der Waals surface area contributed by atoms with E-state index in [2.05, 4.69) is 25.4 Å². The van der Waals surface area contributed by atoms with Crippen LogP contribution < -0.4 is 5.32 Å². The first-order valence-electron chi connectivity index (χ1n) is 9.14. The second kappa shape index (κ2) is 11.7. The molecule has 0 amide bonds. The van der Waals surface area contributed by atoms with E-state index in [1.807, 2.05) is 61.3 Å². The molecule has 0 saturated carbocycles. The molecule has 0 radical (unpaired) electrons. The van der Waals surface area contributed by atoms with Crippen LogP contribution in [0.3, 0.4) is 0 Å². The number of aliphatic imine (C=N–C) groups is 1. The monoisotopic (exact) mass is 526 g/mol. The number of guanidine groups is 1. The van der Waals surface area contributed by atoms with Gasteiger partial charge in [0.15, 0.2) is 11.8 Å². The van der Waals surface area contributed by atoms with Crippen LogP contribution in [0.15, 0.2) is 58.2 Å². The molecular weight excluding hydrogens is 503 g/mol. The fourth-order valence-corrected chi connectivity index (χ4v) is 2.83. The van der Waals surface area contributed by atoms with Crippen LogP contribution in [0.25, 0.3) is 11.6 Å². The van der Waals surface area contributed by atoms with Crippen molar-refractivity contribution in [1.29, 1.82) is 0 Å². The smallest absolute Gasteiger partial charge is 0.276 e. The second-order valence-corrected chi connectivity index (χ2v) is 6.57. The molecule has 0 spiro atoms. The van der Waals surface area contributed by atoms with Crippen LogP contribution in [-0.2, 0) is 13.0 Å². The summed E-state index contributed by atoms with van der Waals surface area (Å²) in [5.41, 5.74) is 1.72. The molecule has 7 nitrogen and oxygen atoms in total. The van der Waals surface area contributed by atoms with Gasteiger partial charge in [-0.1, -0.05) is 41.0 Å². The molecule has 0 unspecified atom stereocenters. The molecule has 0 saturated heterocycles. The van der Waals surface area contributed by atoms with Crippen LogP contribution in [0.4, 0.5) is 0 Å². The van der Waals surface area contributed by atoms with Gasteiger partial charge in [-0.3, -0.25) is 9.98 Å². The third-order valence-corrected chi connectivity index (χ3v) is 4.38. The number of hydrogen-bond donors (Lipinski definition) is 1. The average molecular weight is 527 g/mol. The van der Waals surface area contributed by atoms with Crippen LogP contribution in [0.1, 0.15) is 18.3 Å². The van der Waals surface area contributed by atoms with Gasteiger partial charge < -0.3 is 14.7 Å². The normalized spacial score (nSPS) is 11.1. The van der Waals surface area contributed by atoms with Gasteiger partial charge in [0.05, 0.1) is 0 Å². The van der Waals surface area contributed by atoms with Gasteiger partial charge in [-0.15, -0.1) is 24.0 Å². The summed E-state index contributed by atoms with van der Waals surface area (Å²) in [6, 6.07) is 13.4. The molecule has 0 aliphatic rings. The molecule has 2 aromatic heterocycles. The molecule has 9 heteroatoms. The fourth-order valence-electron chi connectivity index (χ4n) is 2.64. The largest absolute Gasteiger partial charge is 0.357 e. The van der Waals surface area contributed by atoms with E-state index in [4.69, 9.17) is 16.1 Å². The van der Waals surface area contributed by atoms with Crippen molar-refractivity contribution < 1.29 is 4.52 Å². The predicted molar refractivity (Wildman–Crippen MR) is 126 cm³/mol. The Bertz CT molecular complexity index is 918. The highest BCUT2D eigenvalue weighted by molar-refractivity contribution is 14.0. The minimum atomic E-state index is 0. The van der Waals surface area contributed by atoms with Crippen molar-refractivity contribution in [3.63, 3.8) is 0 Å². The maximum atomic E-state index is 6.27. The summed E-state index contributed by atoms with van der Waals surface area (Å²) in [7, 11) is 1.98. The van der Waals surface area contributed by atoms with Gasteiger partial charge in [0.25, 0.3) is 5.89 Å². The number of benzene rings is 1. The Morgan fingerprint density at radius 1 is 1.21 bits per heavy atom. The molecule has 0 aliphatic carbocycles. The van der Waals surface area contributed by atoms with Gasteiger partial charge in [0, 0.05) is 44.3 Å². The zero-order valence-corrected chi connectivity index (χ0v) is 19.5. The third-order valence-electron chi connectivity index (χ3n) is 4.01. The molecule has 3 aromatic rings. The number of hydrogen-bond acceptors (Lipinski definition) is 5. The van der Waals surface area contributed by atoms with Crippen molar-refractivity contribution in [2.24, 2.45) is 4.99 Å². The number of nitrogens with zero attached hydrogens (tertiary/aromatic N) is 5. The lowest BCUT2D eigenvalue weighted by molar-refractivity contribution is 0.421. The highest BCUT2D eigenvalue weighted by Gasteiger charge is 2.11. The van der Waals surface area contributed by atoms with Crippen molar-refractivity contribution in [2.75, 3.05) is 20.1 Å². The van der Waals surface area contributed by atoms with Crippen LogP contribution >= 0.6 is 35.6 Å². The standard InChI is InChI=1S/C20H23ClN6O.HI/c1-3-22-20(27(2)14-15-8-4-5-9-16(15)21)24-13-11-18-25-19(28-26-18)17-10-6-7-12-23-17;/h4-10,12H,3,11,13-14H2,1-2H3,(H,22,24);1H. The highest BCUT2D eigenvalue weighted by Crippen LogP contribution is 2.16. The zero-order valence-electron chi connectivity index (χ0n) is 16.4. The van der Waals surface area contributed by atoms with E-state index in [0.29, 0.717) is 36.9 Å². The number of rotatable bonds is 7. The summed E-state index contributed by atoms with van der Waals surface area (Å²) in [5.74, 6) is 1.83. The minimum absolute atomic E-state index is 0. The topological polar surface area (TPSA) is 79.4 Å². The lowest BCUT2D eigenvalue weighted by Gasteiger charge is -2.22. The maximum absolute atomic E-state index is 6.27. The van der Waals surface area contributed by atoms with Crippen molar-refractivity contribution in [3.8, 4) is 11.6 Å². The van der Waals surface area contributed by atoms with Crippen molar-refractivity contribution in [1.82, 2.24) is 25.3 Å². The lowest BCUT2D eigenvalue weighted by atomic mass is 10.2. The van der Waals surface area contributed by atoms with Gasteiger partial charge in [-0.2, -0.15) is 4.98 Å². The van der Waals surface area contributed by atoms with E-state index in [1.54, 1.807) is 6.20 Å². The highest BCUT2D eigenvalue weighted by atomic mass is 127. The van der Waals surface area contributed by atoms with Crippen LogP contribution in [0, 0.1) is 0 Å². The molecular formula is C20H24ClIN6O. The Labute approximate surface area is 192 Å². The summed E-state index contributed by atoms with van der Waals surface area (Å²) in [5, 5.41) is 8.06. The second-order valence-electron chi connectivity index (χ2n) is 6.16. The van der Waals surface area contributed by atoms with E-state index >= 15 is 0 Å². The van der Waals surface area contributed by atoms with E-state index in [1.165, 1.54) is 0 Å². The quantitative estimate of drug-likeness (QED) is 0.284.